The largest absolute Gasteiger partial charge is 0.451 e. The van der Waals surface area contributed by atoms with Crippen molar-refractivity contribution in [2.45, 2.75) is 96.4 Å². The van der Waals surface area contributed by atoms with Gasteiger partial charge in [0.05, 0.1) is 17.6 Å². The molecule has 4 saturated carbocycles. The van der Waals surface area contributed by atoms with Crippen LogP contribution in [0.15, 0.2) is 0 Å². The smallest absolute Gasteiger partial charge is 0.329 e. The van der Waals surface area contributed by atoms with Crippen molar-refractivity contribution in [2.75, 3.05) is 6.54 Å². The van der Waals surface area contributed by atoms with Crippen molar-refractivity contribution in [2.24, 2.45) is 29.1 Å². The van der Waals surface area contributed by atoms with E-state index in [0.717, 1.165) is 19.3 Å². The Bertz CT molecular complexity index is 829. The quantitative estimate of drug-likeness (QED) is 0.588. The van der Waals surface area contributed by atoms with E-state index >= 15 is 0 Å². The second-order valence-electron chi connectivity index (χ2n) is 11.6. The van der Waals surface area contributed by atoms with Gasteiger partial charge in [-0.25, -0.2) is 4.79 Å². The summed E-state index contributed by atoms with van der Waals surface area (Å²) in [6.45, 7) is 6.87. The van der Waals surface area contributed by atoms with Crippen LogP contribution in [-0.2, 0) is 19.1 Å². The number of nitrogens with one attached hydrogen (secondary N) is 1. The number of hydrogen-bond acceptors (Lipinski definition) is 6. The van der Waals surface area contributed by atoms with Gasteiger partial charge in [0.2, 0.25) is 5.91 Å². The fraction of sp³-hybridized carbons (Fsp3) is 0.840. The number of likely N-dealkylation sites (tertiary alicyclic amines) is 1. The van der Waals surface area contributed by atoms with Gasteiger partial charge in [-0.15, -0.1) is 0 Å². The van der Waals surface area contributed by atoms with Gasteiger partial charge >= 0.3 is 5.97 Å². The number of rotatable bonds is 6. The molecule has 2 amide bonds. The molecule has 1 saturated heterocycles. The van der Waals surface area contributed by atoms with Gasteiger partial charge in [-0.05, 0) is 76.0 Å². The molecule has 1 aliphatic heterocycles. The van der Waals surface area contributed by atoms with Crippen LogP contribution in [0.2, 0.25) is 0 Å². The fourth-order valence-corrected chi connectivity index (χ4v) is 6.90. The topological polar surface area (TPSA) is 120 Å². The second kappa shape index (κ2) is 8.57. The van der Waals surface area contributed by atoms with Crippen molar-refractivity contribution < 1.29 is 24.2 Å². The van der Waals surface area contributed by atoms with E-state index in [-0.39, 0.29) is 24.8 Å². The molecule has 0 aromatic rings. The Morgan fingerprint density at radius 1 is 1.09 bits per heavy atom. The number of nitriles is 1. The van der Waals surface area contributed by atoms with E-state index in [1.807, 2.05) is 13.8 Å². The number of nitrogens with zero attached hydrogens (tertiary/aromatic N) is 2. The van der Waals surface area contributed by atoms with Gasteiger partial charge in [0.15, 0.2) is 6.10 Å². The zero-order valence-electron chi connectivity index (χ0n) is 20.2. The third kappa shape index (κ3) is 4.37. The number of aliphatic hydroxyl groups excluding tert-OH is 1. The van der Waals surface area contributed by atoms with E-state index in [9.17, 15) is 24.8 Å². The average Bonchev–Trinajstić information content (AvgIpc) is 3.13. The zero-order valence-corrected chi connectivity index (χ0v) is 20.2. The lowest BCUT2D eigenvalue weighted by atomic mass is 9.49. The van der Waals surface area contributed by atoms with Crippen LogP contribution in [0.5, 0.6) is 0 Å². The number of β-amino-alcohol motifs (C(OH)–C–C–N with tert-alkyl or cyclic N) is 1. The molecule has 4 aliphatic carbocycles. The van der Waals surface area contributed by atoms with Gasteiger partial charge in [-0.3, -0.25) is 9.59 Å². The van der Waals surface area contributed by atoms with E-state index in [2.05, 4.69) is 11.4 Å². The number of aliphatic hydroxyl groups is 1. The Hall–Kier alpha value is -2.14. The first-order valence-corrected chi connectivity index (χ1v) is 12.4. The summed E-state index contributed by atoms with van der Waals surface area (Å²) in [6, 6.07) is 1.22. The molecule has 8 heteroatoms. The molecular formula is C25H37N3O5. The monoisotopic (exact) mass is 459 g/mol. The Labute approximate surface area is 196 Å². The standard InChI is InChI=1S/C25H37N3O5/c1-14(2)24(4,13-26)27-21(30)15(3)33-22(31)20-8-19(29)12-28(20)23(32)25-9-16-5-17(10-25)7-18(6-16)11-25/h14-20,29H,5-12H2,1-4H3,(H,27,30)/t15?,16?,17?,18?,19?,20-,24?,25?/m0/s1. The molecule has 182 valence electrons. The van der Waals surface area contributed by atoms with Crippen molar-refractivity contribution in [3.63, 3.8) is 0 Å². The van der Waals surface area contributed by atoms with Crippen molar-refractivity contribution in [3.05, 3.63) is 0 Å². The minimum Gasteiger partial charge on any atom is -0.451 e. The minimum atomic E-state index is -1.11. The maximum atomic E-state index is 13.8. The summed E-state index contributed by atoms with van der Waals surface area (Å²) in [7, 11) is 0. The number of esters is 1. The fourth-order valence-electron chi connectivity index (χ4n) is 6.90. The SMILES string of the molecule is CC(OC(=O)[C@@H]1CC(O)CN1C(=O)C12CC3CC(CC(C3)C1)C2)C(=O)NC(C)(C#N)C(C)C. The number of carbonyl (C=O) groups excluding carboxylic acids is 3. The summed E-state index contributed by atoms with van der Waals surface area (Å²) in [5, 5.41) is 22.4. The second-order valence-corrected chi connectivity index (χ2v) is 11.6. The molecule has 5 rings (SSSR count). The van der Waals surface area contributed by atoms with Crippen LogP contribution in [0.4, 0.5) is 0 Å². The lowest BCUT2D eigenvalue weighted by Gasteiger charge is -2.56. The summed E-state index contributed by atoms with van der Waals surface area (Å²) in [5.41, 5.74) is -1.49. The third-order valence-corrected chi connectivity index (χ3v) is 8.74. The predicted octanol–water partition coefficient (Wildman–Crippen LogP) is 2.15. The highest BCUT2D eigenvalue weighted by Crippen LogP contribution is 2.60. The molecule has 4 atom stereocenters. The maximum absolute atomic E-state index is 13.8. The molecule has 0 aromatic carbocycles. The summed E-state index contributed by atoms with van der Waals surface area (Å²) < 4.78 is 5.45. The molecule has 33 heavy (non-hydrogen) atoms. The molecule has 2 N–H and O–H groups in total. The van der Waals surface area contributed by atoms with Crippen molar-refractivity contribution in [1.29, 1.82) is 5.26 Å². The van der Waals surface area contributed by atoms with Gasteiger partial charge < -0.3 is 20.1 Å². The van der Waals surface area contributed by atoms with Crippen molar-refractivity contribution >= 4 is 17.8 Å². The van der Waals surface area contributed by atoms with Gasteiger partial charge in [-0.1, -0.05) is 13.8 Å². The van der Waals surface area contributed by atoms with Crippen LogP contribution in [0.3, 0.4) is 0 Å². The summed E-state index contributed by atoms with van der Waals surface area (Å²) >= 11 is 0. The normalized spacial score (nSPS) is 37.4. The van der Waals surface area contributed by atoms with Gasteiger partial charge in [-0.2, -0.15) is 5.26 Å². The average molecular weight is 460 g/mol. The van der Waals surface area contributed by atoms with E-state index in [1.165, 1.54) is 31.1 Å². The summed E-state index contributed by atoms with van der Waals surface area (Å²) in [4.78, 5) is 41.0. The number of carbonyl (C=O) groups is 3. The highest BCUT2D eigenvalue weighted by atomic mass is 16.5. The Balaban J connectivity index is 1.43. The van der Waals surface area contributed by atoms with Gasteiger partial charge in [0.1, 0.15) is 11.6 Å². The number of hydrogen-bond donors (Lipinski definition) is 2. The predicted molar refractivity (Wildman–Crippen MR) is 119 cm³/mol. The summed E-state index contributed by atoms with van der Waals surface area (Å²) in [5.74, 6) is 0.405. The molecular weight excluding hydrogens is 422 g/mol. The van der Waals surface area contributed by atoms with Gasteiger partial charge in [0.25, 0.3) is 5.91 Å². The van der Waals surface area contributed by atoms with E-state index in [4.69, 9.17) is 4.74 Å². The third-order valence-electron chi connectivity index (χ3n) is 8.74. The number of ether oxygens (including phenoxy) is 1. The molecule has 3 unspecified atom stereocenters. The minimum absolute atomic E-state index is 0.0194. The molecule has 4 bridgehead atoms. The van der Waals surface area contributed by atoms with Crippen LogP contribution in [-0.4, -0.2) is 58.1 Å². The van der Waals surface area contributed by atoms with Gasteiger partial charge in [0, 0.05) is 13.0 Å². The molecule has 5 aliphatic rings. The first-order valence-electron chi connectivity index (χ1n) is 12.4. The Morgan fingerprint density at radius 2 is 1.64 bits per heavy atom. The molecule has 8 nitrogen and oxygen atoms in total. The van der Waals surface area contributed by atoms with E-state index in [0.29, 0.717) is 17.8 Å². The van der Waals surface area contributed by atoms with Crippen LogP contribution in [0.1, 0.15) is 72.6 Å². The zero-order chi connectivity index (χ0) is 24.1. The molecule has 0 spiro atoms. The Kier molecular flexibility index (Phi) is 6.24. The molecule has 0 aromatic heterocycles. The van der Waals surface area contributed by atoms with Crippen LogP contribution in [0, 0.1) is 40.4 Å². The number of amides is 2. The maximum Gasteiger partial charge on any atom is 0.329 e. The first-order chi connectivity index (χ1) is 15.5. The lowest BCUT2D eigenvalue weighted by molar-refractivity contribution is -0.169. The first kappa shape index (κ1) is 24.0. The van der Waals surface area contributed by atoms with E-state index < -0.39 is 41.1 Å². The van der Waals surface area contributed by atoms with Crippen molar-refractivity contribution in [1.82, 2.24) is 10.2 Å². The Morgan fingerprint density at radius 3 is 2.12 bits per heavy atom. The van der Waals surface area contributed by atoms with Crippen LogP contribution in [0.25, 0.3) is 0 Å². The van der Waals surface area contributed by atoms with Crippen molar-refractivity contribution in [3.8, 4) is 6.07 Å². The van der Waals surface area contributed by atoms with Crippen LogP contribution < -0.4 is 5.32 Å². The van der Waals surface area contributed by atoms with E-state index in [1.54, 1.807) is 6.92 Å². The highest BCUT2D eigenvalue weighted by Gasteiger charge is 2.57. The molecule has 0 radical (unpaired) electrons. The highest BCUT2D eigenvalue weighted by molar-refractivity contribution is 5.91. The van der Waals surface area contributed by atoms with Crippen LogP contribution >= 0.6 is 0 Å². The molecule has 5 fully saturated rings. The summed E-state index contributed by atoms with van der Waals surface area (Å²) in [6.07, 6.45) is 4.51. The molecule has 1 heterocycles. The lowest BCUT2D eigenvalue weighted by Crippen LogP contribution is -2.57.